The first-order chi connectivity index (χ1) is 7.81. The molecule has 0 aromatic rings. The van der Waals surface area contributed by atoms with E-state index >= 15 is 0 Å². The molecule has 1 heteroatoms. The van der Waals surface area contributed by atoms with E-state index in [9.17, 15) is 0 Å². The Balaban J connectivity index is -0.0000000639. The Morgan fingerprint density at radius 1 is 0.875 bits per heavy atom. The van der Waals surface area contributed by atoms with Gasteiger partial charge in [-0.1, -0.05) is 68.2 Å². The third-order valence-electron chi connectivity index (χ3n) is 1.81. The van der Waals surface area contributed by atoms with Gasteiger partial charge >= 0.3 is 0 Å². The summed E-state index contributed by atoms with van der Waals surface area (Å²) in [6.07, 6.45) is 5.39. The monoisotopic (exact) mass is 233 g/mol. The minimum absolute atomic E-state index is 0.796. The Morgan fingerprint density at radius 3 is 1.31 bits per heavy atom. The summed E-state index contributed by atoms with van der Waals surface area (Å²) in [7, 11) is 0. The number of nitrogens with one attached hydrogen (secondary N) is 1. The van der Waals surface area contributed by atoms with Crippen LogP contribution in [0.25, 0.3) is 0 Å². The van der Waals surface area contributed by atoms with E-state index in [1.54, 1.807) is 0 Å². The van der Waals surface area contributed by atoms with E-state index in [0.717, 1.165) is 6.04 Å². The highest BCUT2D eigenvalue weighted by atomic mass is 14.9. The Bertz CT molecular complexity index is 54.5. The van der Waals surface area contributed by atoms with Crippen LogP contribution in [-0.4, -0.2) is 12.6 Å². The number of hydrogen-bond acceptors (Lipinski definition) is 1. The fourth-order valence-corrected chi connectivity index (χ4v) is 0.859. The minimum atomic E-state index is 0.796. The van der Waals surface area contributed by atoms with Gasteiger partial charge in [0.05, 0.1) is 0 Å². The molecule has 1 saturated heterocycles. The SMILES string of the molecule is CC.CC.CC.CC1CCCN1.CCCC. The van der Waals surface area contributed by atoms with Crippen molar-refractivity contribution in [2.24, 2.45) is 0 Å². The molecule has 1 N–H and O–H groups in total. The normalized spacial score (nSPS) is 15.9. The molecule has 1 fully saturated rings. The van der Waals surface area contributed by atoms with Gasteiger partial charge in [-0.25, -0.2) is 0 Å². The molecule has 16 heavy (non-hydrogen) atoms. The molecule has 1 unspecified atom stereocenters. The van der Waals surface area contributed by atoms with Crippen LogP contribution in [-0.2, 0) is 0 Å². The number of rotatable bonds is 1. The van der Waals surface area contributed by atoms with Crippen LogP contribution >= 0.6 is 0 Å². The third-order valence-corrected chi connectivity index (χ3v) is 1.81. The lowest BCUT2D eigenvalue weighted by Gasteiger charge is -1.95. The summed E-state index contributed by atoms with van der Waals surface area (Å²) in [5.74, 6) is 0. The summed E-state index contributed by atoms with van der Waals surface area (Å²) in [4.78, 5) is 0. The average Bonchev–Trinajstić information content (AvgIpc) is 2.88. The minimum Gasteiger partial charge on any atom is -0.314 e. The molecule has 1 aliphatic heterocycles. The smallest absolute Gasteiger partial charge is 0.00391 e. The molecule has 104 valence electrons. The fraction of sp³-hybridized carbons (Fsp3) is 1.00. The van der Waals surface area contributed by atoms with E-state index in [2.05, 4.69) is 26.1 Å². The predicted molar refractivity (Wildman–Crippen MR) is 81.3 cm³/mol. The van der Waals surface area contributed by atoms with Gasteiger partial charge in [0.1, 0.15) is 0 Å². The van der Waals surface area contributed by atoms with Crippen molar-refractivity contribution in [3.05, 3.63) is 0 Å². The van der Waals surface area contributed by atoms with E-state index in [-0.39, 0.29) is 0 Å². The van der Waals surface area contributed by atoms with Crippen molar-refractivity contribution < 1.29 is 0 Å². The Morgan fingerprint density at radius 2 is 1.25 bits per heavy atom. The molecule has 0 spiro atoms. The number of unbranched alkanes of at least 4 members (excludes halogenated alkanes) is 1. The molecule has 1 aliphatic rings. The molecule has 1 nitrogen and oxygen atoms in total. The van der Waals surface area contributed by atoms with Gasteiger partial charge in [-0.05, 0) is 26.3 Å². The van der Waals surface area contributed by atoms with Crippen LogP contribution in [0.15, 0.2) is 0 Å². The van der Waals surface area contributed by atoms with Crippen LogP contribution in [0.1, 0.15) is 88.0 Å². The van der Waals surface area contributed by atoms with Gasteiger partial charge in [-0.15, -0.1) is 0 Å². The van der Waals surface area contributed by atoms with E-state index in [1.807, 2.05) is 41.5 Å². The molecule has 0 radical (unpaired) electrons. The van der Waals surface area contributed by atoms with Crippen molar-refractivity contribution in [2.75, 3.05) is 6.54 Å². The Labute approximate surface area is 106 Å². The van der Waals surface area contributed by atoms with Crippen molar-refractivity contribution >= 4 is 0 Å². The lowest BCUT2D eigenvalue weighted by atomic mass is 10.3. The standard InChI is InChI=1S/C5H11N.C4H10.3C2H6/c1-5-3-2-4-6-5;1-3-4-2;3*1-2/h5-6H,2-4H2,1H3;3-4H2,1-2H3;3*1-2H3. The maximum atomic E-state index is 3.32. The van der Waals surface area contributed by atoms with Gasteiger partial charge in [0, 0.05) is 6.04 Å². The second kappa shape index (κ2) is 36.3. The van der Waals surface area contributed by atoms with Gasteiger partial charge in [0.25, 0.3) is 0 Å². The second-order valence-electron chi connectivity index (χ2n) is 3.00. The van der Waals surface area contributed by atoms with Crippen molar-refractivity contribution in [1.82, 2.24) is 5.32 Å². The van der Waals surface area contributed by atoms with Gasteiger partial charge in [0.15, 0.2) is 0 Å². The maximum Gasteiger partial charge on any atom is 0.00391 e. The molecule has 0 saturated carbocycles. The first kappa shape index (κ1) is 25.0. The Hall–Kier alpha value is -0.0400. The lowest BCUT2D eigenvalue weighted by molar-refractivity contribution is 0.664. The molecule has 1 rings (SSSR count). The highest BCUT2D eigenvalue weighted by Crippen LogP contribution is 2.01. The molecular weight excluding hydrogens is 194 g/mol. The molecule has 0 aromatic heterocycles. The summed E-state index contributed by atoms with van der Waals surface area (Å²) in [6.45, 7) is 19.8. The molecule has 0 amide bonds. The first-order valence-corrected chi connectivity index (χ1v) is 7.54. The van der Waals surface area contributed by atoms with Crippen LogP contribution in [0, 0.1) is 0 Å². The molecule has 0 aromatic carbocycles. The second-order valence-corrected chi connectivity index (χ2v) is 3.00. The first-order valence-electron chi connectivity index (χ1n) is 7.54. The van der Waals surface area contributed by atoms with Crippen LogP contribution in [0.2, 0.25) is 0 Å². The summed E-state index contributed by atoms with van der Waals surface area (Å²) in [5, 5.41) is 3.32. The highest BCUT2D eigenvalue weighted by molar-refractivity contribution is 4.67. The summed E-state index contributed by atoms with van der Waals surface area (Å²) >= 11 is 0. The Kier molecular flexibility index (Phi) is 56.7. The average molecular weight is 233 g/mol. The van der Waals surface area contributed by atoms with Crippen molar-refractivity contribution in [3.8, 4) is 0 Å². The van der Waals surface area contributed by atoms with Crippen molar-refractivity contribution in [3.63, 3.8) is 0 Å². The quantitative estimate of drug-likeness (QED) is 0.617. The van der Waals surface area contributed by atoms with Crippen LogP contribution < -0.4 is 5.32 Å². The zero-order chi connectivity index (χ0) is 13.8. The lowest BCUT2D eigenvalue weighted by Crippen LogP contribution is -2.16. The van der Waals surface area contributed by atoms with Crippen LogP contribution in [0.4, 0.5) is 0 Å². The topological polar surface area (TPSA) is 12.0 Å². The van der Waals surface area contributed by atoms with Crippen molar-refractivity contribution in [2.45, 2.75) is 94.0 Å². The van der Waals surface area contributed by atoms with Gasteiger partial charge in [-0.3, -0.25) is 0 Å². The third kappa shape index (κ3) is 37.0. The molecule has 1 heterocycles. The molecular formula is C15H39N. The van der Waals surface area contributed by atoms with Crippen molar-refractivity contribution in [1.29, 1.82) is 0 Å². The summed E-state index contributed by atoms with van der Waals surface area (Å²) < 4.78 is 0. The van der Waals surface area contributed by atoms with Crippen LogP contribution in [0.3, 0.4) is 0 Å². The van der Waals surface area contributed by atoms with E-state index in [4.69, 9.17) is 0 Å². The van der Waals surface area contributed by atoms with E-state index in [1.165, 1.54) is 32.2 Å². The van der Waals surface area contributed by atoms with E-state index in [0.29, 0.717) is 0 Å². The largest absolute Gasteiger partial charge is 0.314 e. The molecule has 0 aliphatic carbocycles. The fourth-order valence-electron chi connectivity index (χ4n) is 0.859. The molecule has 1 atom stereocenters. The van der Waals surface area contributed by atoms with Gasteiger partial charge < -0.3 is 5.32 Å². The highest BCUT2D eigenvalue weighted by Gasteiger charge is 2.05. The summed E-state index contributed by atoms with van der Waals surface area (Å²) in [5.41, 5.74) is 0. The maximum absolute atomic E-state index is 3.32. The zero-order valence-electron chi connectivity index (χ0n) is 13.6. The van der Waals surface area contributed by atoms with Gasteiger partial charge in [0.2, 0.25) is 0 Å². The van der Waals surface area contributed by atoms with Gasteiger partial charge in [-0.2, -0.15) is 0 Å². The number of hydrogen-bond donors (Lipinski definition) is 1. The van der Waals surface area contributed by atoms with E-state index < -0.39 is 0 Å². The molecule has 0 bridgehead atoms. The van der Waals surface area contributed by atoms with Crippen LogP contribution in [0.5, 0.6) is 0 Å². The predicted octanol–water partition coefficient (Wildman–Crippen LogP) is 5.64. The zero-order valence-corrected chi connectivity index (χ0v) is 13.6. The summed E-state index contributed by atoms with van der Waals surface area (Å²) in [6, 6.07) is 0.796.